The van der Waals surface area contributed by atoms with Gasteiger partial charge in [0.1, 0.15) is 22.6 Å². The van der Waals surface area contributed by atoms with E-state index in [0.29, 0.717) is 0 Å². The van der Waals surface area contributed by atoms with Crippen molar-refractivity contribution in [2.75, 3.05) is 36.0 Å². The monoisotopic (exact) mass is 387 g/mol. The van der Waals surface area contributed by atoms with Gasteiger partial charge in [-0.25, -0.2) is 19.5 Å². The number of fused-ring (bicyclic) bond motifs is 1. The normalized spacial score (nSPS) is 15.3. The Hall–Kier alpha value is -2.22. The number of rotatable bonds is 2. The van der Waals surface area contributed by atoms with Crippen LogP contribution in [-0.4, -0.2) is 50.7 Å². The fourth-order valence-electron chi connectivity index (χ4n) is 3.00. The minimum atomic E-state index is 0.844. The van der Waals surface area contributed by atoms with Gasteiger partial charge in [0.15, 0.2) is 5.65 Å². The van der Waals surface area contributed by atoms with E-state index in [9.17, 15) is 0 Å². The second kappa shape index (κ2) is 6.01. The third-order valence-electron chi connectivity index (χ3n) is 4.52. The van der Waals surface area contributed by atoms with Crippen molar-refractivity contribution in [3.63, 3.8) is 0 Å². The molecule has 0 N–H and O–H groups in total. The third kappa shape index (κ3) is 2.60. The van der Waals surface area contributed by atoms with E-state index in [1.54, 1.807) is 12.5 Å². The number of imidazole rings is 1. The molecular weight excluding hydrogens is 370 g/mol. The standard InChI is InChI=1S/C16H18BrN7/c1-11-12(2)19-10-20-16(11)23-7-5-22(6-8-23)15-4-3-14-18-9-13(17)24(14)21-15/h3-4,9-10H,5-8H2,1-2H3. The highest BCUT2D eigenvalue weighted by Crippen LogP contribution is 2.22. The van der Waals surface area contributed by atoms with E-state index >= 15 is 0 Å². The number of aromatic nitrogens is 5. The molecule has 3 aromatic heterocycles. The van der Waals surface area contributed by atoms with Crippen LogP contribution in [0.2, 0.25) is 0 Å². The molecule has 0 saturated carbocycles. The molecule has 0 radical (unpaired) electrons. The average molecular weight is 388 g/mol. The van der Waals surface area contributed by atoms with Crippen molar-refractivity contribution >= 4 is 33.2 Å². The van der Waals surface area contributed by atoms with Gasteiger partial charge in [-0.3, -0.25) is 0 Å². The first-order valence-electron chi connectivity index (χ1n) is 7.92. The molecule has 24 heavy (non-hydrogen) atoms. The Bertz CT molecular complexity index is 883. The van der Waals surface area contributed by atoms with Gasteiger partial charge in [0, 0.05) is 37.4 Å². The third-order valence-corrected chi connectivity index (χ3v) is 5.06. The largest absolute Gasteiger partial charge is 0.353 e. The second-order valence-electron chi connectivity index (χ2n) is 5.92. The highest BCUT2D eigenvalue weighted by Gasteiger charge is 2.21. The summed E-state index contributed by atoms with van der Waals surface area (Å²) in [4.78, 5) is 17.6. The Kier molecular flexibility index (Phi) is 3.84. The molecule has 4 heterocycles. The van der Waals surface area contributed by atoms with Gasteiger partial charge in [0.05, 0.1) is 6.20 Å². The summed E-state index contributed by atoms with van der Waals surface area (Å²) in [5.74, 6) is 2.01. The van der Waals surface area contributed by atoms with E-state index in [4.69, 9.17) is 0 Å². The lowest BCUT2D eigenvalue weighted by atomic mass is 10.2. The number of aryl methyl sites for hydroxylation is 1. The van der Waals surface area contributed by atoms with Crippen LogP contribution in [0.15, 0.2) is 29.3 Å². The molecule has 0 amide bonds. The topological polar surface area (TPSA) is 62.5 Å². The first-order chi connectivity index (χ1) is 11.6. The molecule has 8 heteroatoms. The van der Waals surface area contributed by atoms with Crippen molar-refractivity contribution in [3.8, 4) is 0 Å². The lowest BCUT2D eigenvalue weighted by Crippen LogP contribution is -2.47. The quantitative estimate of drug-likeness (QED) is 0.671. The lowest BCUT2D eigenvalue weighted by molar-refractivity contribution is 0.633. The first-order valence-corrected chi connectivity index (χ1v) is 8.71. The number of hydrogen-bond donors (Lipinski definition) is 0. The second-order valence-corrected chi connectivity index (χ2v) is 6.74. The number of hydrogen-bond acceptors (Lipinski definition) is 6. The summed E-state index contributed by atoms with van der Waals surface area (Å²) in [5.41, 5.74) is 3.05. The molecule has 1 saturated heterocycles. The van der Waals surface area contributed by atoms with Crippen LogP contribution in [0, 0.1) is 13.8 Å². The molecule has 4 rings (SSSR count). The summed E-state index contributed by atoms with van der Waals surface area (Å²) in [5, 5.41) is 4.68. The predicted molar refractivity (Wildman–Crippen MR) is 96.6 cm³/mol. The average Bonchev–Trinajstić information content (AvgIpc) is 2.98. The Labute approximate surface area is 148 Å². The van der Waals surface area contributed by atoms with E-state index in [1.165, 1.54) is 0 Å². The van der Waals surface area contributed by atoms with Crippen LogP contribution in [0.4, 0.5) is 11.6 Å². The molecule has 1 aliphatic heterocycles. The predicted octanol–water partition coefficient (Wildman–Crippen LogP) is 2.23. The SMILES string of the molecule is Cc1ncnc(N2CCN(c3ccc4ncc(Br)n4n3)CC2)c1C. The van der Waals surface area contributed by atoms with E-state index in [-0.39, 0.29) is 0 Å². The Morgan fingerprint density at radius 1 is 0.958 bits per heavy atom. The van der Waals surface area contributed by atoms with Crippen molar-refractivity contribution in [3.05, 3.63) is 40.5 Å². The van der Waals surface area contributed by atoms with Crippen LogP contribution in [0.25, 0.3) is 5.65 Å². The fraction of sp³-hybridized carbons (Fsp3) is 0.375. The van der Waals surface area contributed by atoms with E-state index in [0.717, 1.165) is 59.3 Å². The van der Waals surface area contributed by atoms with Crippen molar-refractivity contribution < 1.29 is 0 Å². The Morgan fingerprint density at radius 2 is 1.71 bits per heavy atom. The van der Waals surface area contributed by atoms with Crippen LogP contribution in [0.1, 0.15) is 11.3 Å². The Morgan fingerprint density at radius 3 is 2.50 bits per heavy atom. The summed E-state index contributed by atoms with van der Waals surface area (Å²) < 4.78 is 2.68. The highest BCUT2D eigenvalue weighted by atomic mass is 79.9. The molecule has 0 unspecified atom stereocenters. The molecule has 0 atom stereocenters. The number of halogens is 1. The maximum absolute atomic E-state index is 4.68. The molecule has 0 bridgehead atoms. The molecule has 3 aromatic rings. The molecule has 1 aliphatic rings. The number of anilines is 2. The Balaban J connectivity index is 1.52. The van der Waals surface area contributed by atoms with Crippen LogP contribution < -0.4 is 9.80 Å². The smallest absolute Gasteiger partial charge is 0.154 e. The van der Waals surface area contributed by atoms with Gasteiger partial charge in [-0.15, -0.1) is 5.10 Å². The molecule has 0 aromatic carbocycles. The molecule has 1 fully saturated rings. The van der Waals surface area contributed by atoms with Gasteiger partial charge >= 0.3 is 0 Å². The lowest BCUT2D eigenvalue weighted by Gasteiger charge is -2.36. The zero-order valence-electron chi connectivity index (χ0n) is 13.6. The molecule has 0 aliphatic carbocycles. The van der Waals surface area contributed by atoms with Gasteiger partial charge in [-0.1, -0.05) is 0 Å². The summed E-state index contributed by atoms with van der Waals surface area (Å²) in [6, 6.07) is 4.03. The number of piperazine rings is 1. The molecule has 0 spiro atoms. The zero-order chi connectivity index (χ0) is 16.7. The molecular formula is C16H18BrN7. The van der Waals surface area contributed by atoms with E-state index in [1.807, 2.05) is 23.6 Å². The van der Waals surface area contributed by atoms with Crippen LogP contribution in [0.3, 0.4) is 0 Å². The zero-order valence-corrected chi connectivity index (χ0v) is 15.2. The summed E-state index contributed by atoms with van der Waals surface area (Å²) in [7, 11) is 0. The fourth-order valence-corrected chi connectivity index (χ4v) is 3.36. The highest BCUT2D eigenvalue weighted by molar-refractivity contribution is 9.10. The van der Waals surface area contributed by atoms with Crippen LogP contribution in [-0.2, 0) is 0 Å². The van der Waals surface area contributed by atoms with Gasteiger partial charge < -0.3 is 9.80 Å². The van der Waals surface area contributed by atoms with E-state index in [2.05, 4.69) is 52.7 Å². The van der Waals surface area contributed by atoms with Crippen LogP contribution in [0.5, 0.6) is 0 Å². The minimum Gasteiger partial charge on any atom is -0.353 e. The van der Waals surface area contributed by atoms with Crippen LogP contribution >= 0.6 is 15.9 Å². The van der Waals surface area contributed by atoms with E-state index < -0.39 is 0 Å². The van der Waals surface area contributed by atoms with Gasteiger partial charge in [0.25, 0.3) is 0 Å². The van der Waals surface area contributed by atoms with Gasteiger partial charge in [-0.05, 0) is 41.9 Å². The maximum atomic E-state index is 4.68. The van der Waals surface area contributed by atoms with Crippen molar-refractivity contribution in [1.82, 2.24) is 24.6 Å². The van der Waals surface area contributed by atoms with Crippen molar-refractivity contribution in [2.24, 2.45) is 0 Å². The summed E-state index contributed by atoms with van der Waals surface area (Å²) in [6.07, 6.45) is 3.42. The van der Waals surface area contributed by atoms with Crippen molar-refractivity contribution in [1.29, 1.82) is 0 Å². The summed E-state index contributed by atoms with van der Waals surface area (Å²) >= 11 is 3.48. The van der Waals surface area contributed by atoms with Gasteiger partial charge in [0.2, 0.25) is 0 Å². The first kappa shape index (κ1) is 15.3. The summed E-state index contributed by atoms with van der Waals surface area (Å²) in [6.45, 7) is 7.77. The minimum absolute atomic E-state index is 0.844. The van der Waals surface area contributed by atoms with Crippen molar-refractivity contribution in [2.45, 2.75) is 13.8 Å². The molecule has 124 valence electrons. The number of nitrogens with zero attached hydrogens (tertiary/aromatic N) is 7. The molecule has 7 nitrogen and oxygen atoms in total. The van der Waals surface area contributed by atoms with Gasteiger partial charge in [-0.2, -0.15) is 0 Å². The maximum Gasteiger partial charge on any atom is 0.154 e.